The summed E-state index contributed by atoms with van der Waals surface area (Å²) in [5.74, 6) is 1.20. The average Bonchev–Trinajstić information content (AvgIpc) is 2.49. The molecule has 1 aromatic rings. The summed E-state index contributed by atoms with van der Waals surface area (Å²) in [6.45, 7) is 3.16. The van der Waals surface area contributed by atoms with Gasteiger partial charge in [0.1, 0.15) is 5.75 Å². The number of hydrogen-bond acceptors (Lipinski definition) is 3. The van der Waals surface area contributed by atoms with Crippen LogP contribution in [-0.4, -0.2) is 32.1 Å². The Morgan fingerprint density at radius 2 is 2.21 bits per heavy atom. The van der Waals surface area contributed by atoms with Crippen LogP contribution < -0.4 is 15.4 Å². The number of amides is 1. The van der Waals surface area contributed by atoms with E-state index in [9.17, 15) is 4.79 Å². The first kappa shape index (κ1) is 13.9. The summed E-state index contributed by atoms with van der Waals surface area (Å²) in [6.07, 6.45) is 2.93. The van der Waals surface area contributed by atoms with Gasteiger partial charge < -0.3 is 15.4 Å². The summed E-state index contributed by atoms with van der Waals surface area (Å²) < 4.78 is 5.57. The van der Waals surface area contributed by atoms with E-state index >= 15 is 0 Å². The van der Waals surface area contributed by atoms with Gasteiger partial charge in [0.15, 0.2) is 0 Å². The second-order valence-electron chi connectivity index (χ2n) is 4.85. The van der Waals surface area contributed by atoms with Gasteiger partial charge >= 0.3 is 0 Å². The van der Waals surface area contributed by atoms with E-state index < -0.39 is 0 Å². The molecule has 1 saturated heterocycles. The van der Waals surface area contributed by atoms with Crippen LogP contribution in [0.3, 0.4) is 0 Å². The lowest BCUT2D eigenvalue weighted by Crippen LogP contribution is -2.40. The number of nitrogens with one attached hydrogen (secondary N) is 2. The minimum atomic E-state index is 0.142. The summed E-state index contributed by atoms with van der Waals surface area (Å²) in [4.78, 5) is 11.8. The molecule has 1 aliphatic rings. The molecule has 2 rings (SSSR count). The molecule has 1 aliphatic heterocycles. The minimum absolute atomic E-state index is 0.142. The van der Waals surface area contributed by atoms with E-state index in [1.54, 1.807) is 0 Å². The van der Waals surface area contributed by atoms with Crippen LogP contribution in [0, 0.1) is 5.92 Å². The summed E-state index contributed by atoms with van der Waals surface area (Å²) >= 11 is 0. The van der Waals surface area contributed by atoms with Gasteiger partial charge in [0.25, 0.3) is 0 Å². The molecule has 1 aromatic carbocycles. The minimum Gasteiger partial charge on any atom is -0.494 e. The third kappa shape index (κ3) is 4.91. The van der Waals surface area contributed by atoms with Gasteiger partial charge in [-0.25, -0.2) is 0 Å². The lowest BCUT2D eigenvalue weighted by atomic mass is 9.99. The molecule has 4 nitrogen and oxygen atoms in total. The van der Waals surface area contributed by atoms with Crippen LogP contribution >= 0.6 is 0 Å². The SMILES string of the molecule is O=C(NCCCOc1ccccc1)C1CCCNC1. The highest BCUT2D eigenvalue weighted by Crippen LogP contribution is 2.10. The zero-order valence-electron chi connectivity index (χ0n) is 11.2. The molecule has 4 heteroatoms. The first-order chi connectivity index (χ1) is 9.36. The highest BCUT2D eigenvalue weighted by atomic mass is 16.5. The third-order valence-electron chi connectivity index (χ3n) is 3.30. The second kappa shape index (κ2) is 7.79. The molecule has 1 heterocycles. The maximum Gasteiger partial charge on any atom is 0.224 e. The van der Waals surface area contributed by atoms with Gasteiger partial charge in [-0.1, -0.05) is 18.2 Å². The Bertz CT molecular complexity index is 375. The molecule has 1 atom stereocenters. The maximum atomic E-state index is 11.8. The molecular formula is C15H22N2O2. The molecule has 104 valence electrons. The first-order valence-corrected chi connectivity index (χ1v) is 7.02. The fourth-order valence-corrected chi connectivity index (χ4v) is 2.21. The monoisotopic (exact) mass is 262 g/mol. The van der Waals surface area contributed by atoms with Gasteiger partial charge in [-0.15, -0.1) is 0 Å². The van der Waals surface area contributed by atoms with Crippen LogP contribution in [0.1, 0.15) is 19.3 Å². The number of rotatable bonds is 6. The molecule has 0 aromatic heterocycles. The number of hydrogen-bond donors (Lipinski definition) is 2. The lowest BCUT2D eigenvalue weighted by Gasteiger charge is -2.21. The van der Waals surface area contributed by atoms with Crippen molar-refractivity contribution >= 4 is 5.91 Å². The molecule has 1 unspecified atom stereocenters. The van der Waals surface area contributed by atoms with Crippen LogP contribution in [-0.2, 0) is 4.79 Å². The number of para-hydroxylation sites is 1. The average molecular weight is 262 g/mol. The van der Waals surface area contributed by atoms with E-state index in [-0.39, 0.29) is 11.8 Å². The van der Waals surface area contributed by atoms with Gasteiger partial charge in [0.05, 0.1) is 12.5 Å². The predicted octanol–water partition coefficient (Wildman–Crippen LogP) is 1.57. The molecule has 0 radical (unpaired) electrons. The molecule has 0 saturated carbocycles. The maximum absolute atomic E-state index is 11.8. The van der Waals surface area contributed by atoms with Crippen LogP contribution in [0.2, 0.25) is 0 Å². The van der Waals surface area contributed by atoms with Crippen molar-refractivity contribution in [3.05, 3.63) is 30.3 Å². The molecule has 1 fully saturated rings. The van der Waals surface area contributed by atoms with Crippen molar-refractivity contribution in [3.63, 3.8) is 0 Å². The molecule has 2 N–H and O–H groups in total. The van der Waals surface area contributed by atoms with Crippen molar-refractivity contribution < 1.29 is 9.53 Å². The molecule has 0 spiro atoms. The Kier molecular flexibility index (Phi) is 5.69. The second-order valence-corrected chi connectivity index (χ2v) is 4.85. The smallest absolute Gasteiger partial charge is 0.224 e. The van der Waals surface area contributed by atoms with E-state index in [4.69, 9.17) is 4.74 Å². The van der Waals surface area contributed by atoms with Crippen LogP contribution in [0.15, 0.2) is 30.3 Å². The number of ether oxygens (including phenoxy) is 1. The number of carbonyl (C=O) groups excluding carboxylic acids is 1. The van der Waals surface area contributed by atoms with Gasteiger partial charge in [0.2, 0.25) is 5.91 Å². The van der Waals surface area contributed by atoms with Gasteiger partial charge in [0, 0.05) is 13.1 Å². The van der Waals surface area contributed by atoms with E-state index in [2.05, 4.69) is 10.6 Å². The number of piperidine rings is 1. The number of benzene rings is 1. The normalized spacial score (nSPS) is 18.8. The van der Waals surface area contributed by atoms with Crippen LogP contribution in [0.4, 0.5) is 0 Å². The Balaban J connectivity index is 1.55. The topological polar surface area (TPSA) is 50.4 Å². The Morgan fingerprint density at radius 3 is 2.95 bits per heavy atom. The fourth-order valence-electron chi connectivity index (χ4n) is 2.21. The van der Waals surface area contributed by atoms with Gasteiger partial charge in [-0.3, -0.25) is 4.79 Å². The lowest BCUT2D eigenvalue weighted by molar-refractivity contribution is -0.125. The highest BCUT2D eigenvalue weighted by molar-refractivity contribution is 5.78. The molecule has 19 heavy (non-hydrogen) atoms. The fraction of sp³-hybridized carbons (Fsp3) is 0.533. The molecule has 0 aliphatic carbocycles. The first-order valence-electron chi connectivity index (χ1n) is 7.02. The van der Waals surface area contributed by atoms with Crippen LogP contribution in [0.25, 0.3) is 0 Å². The van der Waals surface area contributed by atoms with E-state index in [0.29, 0.717) is 13.2 Å². The van der Waals surface area contributed by atoms with Crippen molar-refractivity contribution in [2.24, 2.45) is 5.92 Å². The van der Waals surface area contributed by atoms with Crippen molar-refractivity contribution in [1.82, 2.24) is 10.6 Å². The summed E-state index contributed by atoms with van der Waals surface area (Å²) in [6, 6.07) is 9.74. The third-order valence-corrected chi connectivity index (χ3v) is 3.30. The van der Waals surface area contributed by atoms with Crippen molar-refractivity contribution in [2.45, 2.75) is 19.3 Å². The predicted molar refractivity (Wildman–Crippen MR) is 75.2 cm³/mol. The van der Waals surface area contributed by atoms with E-state index in [1.165, 1.54) is 0 Å². The Hall–Kier alpha value is -1.55. The molecular weight excluding hydrogens is 240 g/mol. The van der Waals surface area contributed by atoms with Gasteiger partial charge in [-0.2, -0.15) is 0 Å². The quantitative estimate of drug-likeness (QED) is 0.765. The standard InChI is InChI=1S/C15H22N2O2/c18-15(13-6-4-9-16-12-13)17-10-5-11-19-14-7-2-1-3-8-14/h1-3,7-8,13,16H,4-6,9-12H2,(H,17,18). The van der Waals surface area contributed by atoms with E-state index in [1.807, 2.05) is 30.3 Å². The largest absolute Gasteiger partial charge is 0.494 e. The van der Waals surface area contributed by atoms with Gasteiger partial charge in [-0.05, 0) is 37.9 Å². The van der Waals surface area contributed by atoms with Crippen LogP contribution in [0.5, 0.6) is 5.75 Å². The summed E-state index contributed by atoms with van der Waals surface area (Å²) in [5.41, 5.74) is 0. The summed E-state index contributed by atoms with van der Waals surface area (Å²) in [7, 11) is 0. The van der Waals surface area contributed by atoms with Crippen molar-refractivity contribution in [3.8, 4) is 5.75 Å². The van der Waals surface area contributed by atoms with Crippen molar-refractivity contribution in [2.75, 3.05) is 26.2 Å². The summed E-state index contributed by atoms with van der Waals surface area (Å²) in [5, 5.41) is 6.23. The zero-order valence-corrected chi connectivity index (χ0v) is 11.2. The molecule has 0 bridgehead atoms. The molecule has 1 amide bonds. The number of carbonyl (C=O) groups is 1. The van der Waals surface area contributed by atoms with Crippen molar-refractivity contribution in [1.29, 1.82) is 0 Å². The van der Waals surface area contributed by atoms with E-state index in [0.717, 1.165) is 38.1 Å². The highest BCUT2D eigenvalue weighted by Gasteiger charge is 2.19. The Morgan fingerprint density at radius 1 is 1.37 bits per heavy atom. The zero-order chi connectivity index (χ0) is 13.3. The Labute approximate surface area is 114 Å².